The Labute approximate surface area is 179 Å². The molecular weight excluding hydrogens is 396 g/mol. The highest BCUT2D eigenvalue weighted by molar-refractivity contribution is 6.01. The molecule has 0 spiro atoms. The van der Waals surface area contributed by atoms with Crippen molar-refractivity contribution in [3.63, 3.8) is 0 Å². The number of hydrazone groups is 1. The van der Waals surface area contributed by atoms with Crippen molar-refractivity contribution in [1.82, 2.24) is 5.43 Å². The van der Waals surface area contributed by atoms with Crippen LogP contribution in [0.4, 0.5) is 17.1 Å². The van der Waals surface area contributed by atoms with E-state index in [1.54, 1.807) is 4.90 Å². The van der Waals surface area contributed by atoms with Crippen molar-refractivity contribution < 1.29 is 14.5 Å². The van der Waals surface area contributed by atoms with Crippen molar-refractivity contribution in [3.8, 4) is 0 Å². The minimum Gasteiger partial charge on any atom is -0.281 e. The molecule has 0 saturated heterocycles. The van der Waals surface area contributed by atoms with Crippen LogP contribution in [-0.2, 0) is 9.59 Å². The molecule has 3 rings (SSSR count). The number of nitro benzene ring substituents is 1. The summed E-state index contributed by atoms with van der Waals surface area (Å²) in [7, 11) is 0. The number of carbonyl (C=O) groups excluding carboxylic acids is 2. The Balaban J connectivity index is 1.58. The van der Waals surface area contributed by atoms with Gasteiger partial charge in [-0.2, -0.15) is 5.10 Å². The van der Waals surface area contributed by atoms with E-state index in [0.29, 0.717) is 5.56 Å². The first-order valence-corrected chi connectivity index (χ1v) is 9.54. The summed E-state index contributed by atoms with van der Waals surface area (Å²) in [5, 5.41) is 14.5. The molecule has 0 aliphatic heterocycles. The van der Waals surface area contributed by atoms with Crippen molar-refractivity contribution in [2.45, 2.75) is 12.8 Å². The van der Waals surface area contributed by atoms with Crippen LogP contribution in [0.3, 0.4) is 0 Å². The number of non-ortho nitro benzene ring substituents is 1. The number of benzene rings is 3. The highest BCUT2D eigenvalue weighted by Gasteiger charge is 2.18. The van der Waals surface area contributed by atoms with Gasteiger partial charge in [0.1, 0.15) is 0 Å². The van der Waals surface area contributed by atoms with E-state index in [1.807, 2.05) is 60.7 Å². The van der Waals surface area contributed by atoms with Gasteiger partial charge in [0.15, 0.2) is 0 Å². The lowest BCUT2D eigenvalue weighted by atomic mass is 10.2. The summed E-state index contributed by atoms with van der Waals surface area (Å²) < 4.78 is 0. The lowest BCUT2D eigenvalue weighted by molar-refractivity contribution is -0.384. The summed E-state index contributed by atoms with van der Waals surface area (Å²) in [6.45, 7) is 0. The van der Waals surface area contributed by atoms with Crippen molar-refractivity contribution in [1.29, 1.82) is 0 Å². The summed E-state index contributed by atoms with van der Waals surface area (Å²) in [6, 6.07) is 24.2. The molecule has 0 saturated carbocycles. The van der Waals surface area contributed by atoms with E-state index >= 15 is 0 Å². The van der Waals surface area contributed by atoms with E-state index in [0.717, 1.165) is 11.4 Å². The maximum Gasteiger partial charge on any atom is 0.269 e. The zero-order chi connectivity index (χ0) is 22.1. The van der Waals surface area contributed by atoms with Crippen LogP contribution in [0.15, 0.2) is 90.0 Å². The van der Waals surface area contributed by atoms with E-state index in [4.69, 9.17) is 0 Å². The van der Waals surface area contributed by atoms with E-state index in [2.05, 4.69) is 10.5 Å². The fourth-order valence-electron chi connectivity index (χ4n) is 2.84. The quantitative estimate of drug-likeness (QED) is 0.338. The summed E-state index contributed by atoms with van der Waals surface area (Å²) in [4.78, 5) is 36.7. The standard InChI is InChI=1S/C23H20N4O4/c28-22(25-24-17-18-11-13-21(14-12-18)27(30)31)15-16-23(29)26(19-7-3-1-4-8-19)20-9-5-2-6-10-20/h1-14,17H,15-16H2,(H,25,28)/b24-17-. The third-order valence-corrected chi connectivity index (χ3v) is 4.35. The second kappa shape index (κ2) is 10.4. The molecule has 1 N–H and O–H groups in total. The van der Waals surface area contributed by atoms with Crippen LogP contribution < -0.4 is 10.3 Å². The third kappa shape index (κ3) is 6.07. The molecule has 0 aliphatic carbocycles. The van der Waals surface area contributed by atoms with Crippen LogP contribution in [0.25, 0.3) is 0 Å². The minimum absolute atomic E-state index is 0.00265. The molecule has 3 aromatic rings. The van der Waals surface area contributed by atoms with E-state index in [9.17, 15) is 19.7 Å². The molecule has 3 aromatic carbocycles. The maximum absolute atomic E-state index is 12.9. The normalized spacial score (nSPS) is 10.6. The van der Waals surface area contributed by atoms with Gasteiger partial charge in [0.25, 0.3) is 5.69 Å². The van der Waals surface area contributed by atoms with Crippen LogP contribution in [-0.4, -0.2) is 23.0 Å². The fourth-order valence-corrected chi connectivity index (χ4v) is 2.84. The summed E-state index contributed by atoms with van der Waals surface area (Å²) in [6.07, 6.45) is 1.35. The molecule has 0 heterocycles. The largest absolute Gasteiger partial charge is 0.281 e. The van der Waals surface area contributed by atoms with Gasteiger partial charge in [-0.25, -0.2) is 5.43 Å². The Bertz CT molecular complexity index is 1030. The average Bonchev–Trinajstić information content (AvgIpc) is 2.80. The number of nitrogens with zero attached hydrogens (tertiary/aromatic N) is 3. The van der Waals surface area contributed by atoms with Gasteiger partial charge < -0.3 is 0 Å². The van der Waals surface area contributed by atoms with E-state index in [1.165, 1.54) is 30.5 Å². The van der Waals surface area contributed by atoms with Crippen molar-refractivity contribution >= 4 is 35.1 Å². The number of amides is 2. The Morgan fingerprint density at radius 2 is 1.42 bits per heavy atom. The lowest BCUT2D eigenvalue weighted by Crippen LogP contribution is -2.27. The van der Waals surface area contributed by atoms with Crippen LogP contribution in [0.1, 0.15) is 18.4 Å². The highest BCUT2D eigenvalue weighted by Crippen LogP contribution is 2.26. The molecule has 0 aliphatic rings. The predicted molar refractivity (Wildman–Crippen MR) is 118 cm³/mol. The smallest absolute Gasteiger partial charge is 0.269 e. The average molecular weight is 416 g/mol. The molecule has 156 valence electrons. The Morgan fingerprint density at radius 3 is 1.94 bits per heavy atom. The second-order valence-electron chi connectivity index (χ2n) is 6.54. The van der Waals surface area contributed by atoms with Gasteiger partial charge in [-0.05, 0) is 42.0 Å². The number of hydrogen-bond acceptors (Lipinski definition) is 5. The molecule has 0 radical (unpaired) electrons. The van der Waals surface area contributed by atoms with Crippen LogP contribution in [0, 0.1) is 10.1 Å². The van der Waals surface area contributed by atoms with Gasteiger partial charge in [0.2, 0.25) is 11.8 Å². The number of carbonyl (C=O) groups is 2. The molecule has 0 aromatic heterocycles. The number of nitro groups is 1. The number of rotatable bonds is 8. The molecule has 8 heteroatoms. The predicted octanol–water partition coefficient (Wildman–Crippen LogP) is 4.19. The number of anilines is 2. The van der Waals surface area contributed by atoms with Crippen molar-refractivity contribution in [2.75, 3.05) is 4.90 Å². The molecule has 8 nitrogen and oxygen atoms in total. The minimum atomic E-state index is -0.492. The molecule has 0 atom stereocenters. The zero-order valence-electron chi connectivity index (χ0n) is 16.5. The van der Waals surface area contributed by atoms with E-state index in [-0.39, 0.29) is 24.4 Å². The first-order valence-electron chi connectivity index (χ1n) is 9.54. The molecule has 0 unspecified atom stereocenters. The zero-order valence-corrected chi connectivity index (χ0v) is 16.5. The summed E-state index contributed by atoms with van der Waals surface area (Å²) >= 11 is 0. The summed E-state index contributed by atoms with van der Waals surface area (Å²) in [5.41, 5.74) is 4.38. The summed E-state index contributed by atoms with van der Waals surface area (Å²) in [5.74, 6) is -0.625. The van der Waals surface area contributed by atoms with E-state index < -0.39 is 10.8 Å². The van der Waals surface area contributed by atoms with Crippen molar-refractivity contribution in [2.24, 2.45) is 5.10 Å². The lowest BCUT2D eigenvalue weighted by Gasteiger charge is -2.23. The van der Waals surface area contributed by atoms with Crippen LogP contribution in [0.5, 0.6) is 0 Å². The van der Waals surface area contributed by atoms with Gasteiger partial charge in [0, 0.05) is 36.3 Å². The number of para-hydroxylation sites is 2. The Morgan fingerprint density at radius 1 is 0.871 bits per heavy atom. The third-order valence-electron chi connectivity index (χ3n) is 4.35. The molecule has 0 bridgehead atoms. The number of nitrogens with one attached hydrogen (secondary N) is 1. The highest BCUT2D eigenvalue weighted by atomic mass is 16.6. The van der Waals surface area contributed by atoms with Gasteiger partial charge in [-0.1, -0.05) is 36.4 Å². The SMILES string of the molecule is O=C(CCC(=O)N(c1ccccc1)c1ccccc1)N/N=C\c1ccc([N+](=O)[O-])cc1. The molecule has 0 fully saturated rings. The molecule has 2 amide bonds. The second-order valence-corrected chi connectivity index (χ2v) is 6.54. The Hall–Kier alpha value is -4.33. The van der Waals surface area contributed by atoms with Crippen LogP contribution >= 0.6 is 0 Å². The molecule has 31 heavy (non-hydrogen) atoms. The fraction of sp³-hybridized carbons (Fsp3) is 0.0870. The van der Waals surface area contributed by atoms with Crippen LogP contribution in [0.2, 0.25) is 0 Å². The molecular formula is C23H20N4O4. The maximum atomic E-state index is 12.9. The first-order chi connectivity index (χ1) is 15.0. The first kappa shape index (κ1) is 21.4. The number of hydrogen-bond donors (Lipinski definition) is 1. The van der Waals surface area contributed by atoms with Gasteiger partial charge in [-0.15, -0.1) is 0 Å². The van der Waals surface area contributed by atoms with Gasteiger partial charge in [-0.3, -0.25) is 24.6 Å². The topological polar surface area (TPSA) is 105 Å². The monoisotopic (exact) mass is 416 g/mol. The van der Waals surface area contributed by atoms with Crippen molar-refractivity contribution in [3.05, 3.63) is 101 Å². The van der Waals surface area contributed by atoms with Gasteiger partial charge in [0.05, 0.1) is 11.1 Å². The van der Waals surface area contributed by atoms with Gasteiger partial charge >= 0.3 is 0 Å². The Kier molecular flexibility index (Phi) is 7.21.